The van der Waals surface area contributed by atoms with Crippen LogP contribution in [0.5, 0.6) is 0 Å². The zero-order chi connectivity index (χ0) is 13.3. The van der Waals surface area contributed by atoms with E-state index in [1.165, 1.54) is 18.4 Å². The highest BCUT2D eigenvalue weighted by Gasteiger charge is 2.27. The molecule has 1 aliphatic heterocycles. The van der Waals surface area contributed by atoms with Crippen LogP contribution >= 0.6 is 11.3 Å². The Morgan fingerprint density at radius 1 is 1.56 bits per heavy atom. The smallest absolute Gasteiger partial charge is 0.350 e. The molecular formula is C12H18N2O3S. The second-order valence-electron chi connectivity index (χ2n) is 4.55. The molecule has 2 rings (SSSR count). The van der Waals surface area contributed by atoms with Crippen LogP contribution in [0.3, 0.4) is 0 Å². The summed E-state index contributed by atoms with van der Waals surface area (Å²) in [5.74, 6) is -0.315. The first kappa shape index (κ1) is 13.3. The summed E-state index contributed by atoms with van der Waals surface area (Å²) in [5.41, 5.74) is 0.730. The van der Waals surface area contributed by atoms with Gasteiger partial charge in [0.2, 0.25) is 0 Å². The minimum atomic E-state index is -0.315. The lowest BCUT2D eigenvalue weighted by atomic mass is 10.2. The fourth-order valence-electron chi connectivity index (χ4n) is 1.96. The third-order valence-corrected chi connectivity index (χ3v) is 4.18. The van der Waals surface area contributed by atoms with E-state index in [0.717, 1.165) is 17.4 Å². The second kappa shape index (κ2) is 5.24. The molecule has 100 valence electrons. The molecule has 0 spiro atoms. The lowest BCUT2D eigenvalue weighted by Gasteiger charge is -2.36. The molecule has 0 aromatic carbocycles. The van der Waals surface area contributed by atoms with Crippen molar-refractivity contribution in [2.24, 2.45) is 0 Å². The molecule has 0 N–H and O–H groups in total. The van der Waals surface area contributed by atoms with E-state index in [4.69, 9.17) is 9.47 Å². The van der Waals surface area contributed by atoms with Crippen LogP contribution in [0.4, 0.5) is 5.13 Å². The number of anilines is 1. The summed E-state index contributed by atoms with van der Waals surface area (Å²) in [7, 11) is 1.39. The molecular weight excluding hydrogens is 252 g/mol. The molecule has 1 fully saturated rings. The Bertz CT molecular complexity index is 447. The van der Waals surface area contributed by atoms with E-state index in [0.29, 0.717) is 11.5 Å². The minimum absolute atomic E-state index is 0.187. The monoisotopic (exact) mass is 270 g/mol. The minimum Gasteiger partial charge on any atom is -0.465 e. The molecule has 18 heavy (non-hydrogen) atoms. The molecule has 5 nitrogen and oxygen atoms in total. The summed E-state index contributed by atoms with van der Waals surface area (Å²) >= 11 is 1.39. The van der Waals surface area contributed by atoms with Crippen molar-refractivity contribution in [2.45, 2.75) is 32.9 Å². The summed E-state index contributed by atoms with van der Waals surface area (Å²) < 4.78 is 10.3. The van der Waals surface area contributed by atoms with E-state index in [9.17, 15) is 4.79 Å². The lowest BCUT2D eigenvalue weighted by molar-refractivity contribution is 0.0343. The van der Waals surface area contributed by atoms with Gasteiger partial charge in [-0.05, 0) is 20.8 Å². The van der Waals surface area contributed by atoms with E-state index in [1.807, 2.05) is 13.8 Å². The maximum absolute atomic E-state index is 11.6. The van der Waals surface area contributed by atoms with E-state index in [2.05, 4.69) is 16.8 Å². The standard InChI is InChI=1S/C12H18N2O3S/c1-7-6-17-8(2)5-14(7)12-13-9(3)10(18-12)11(15)16-4/h7-8H,5-6H2,1-4H3. The van der Waals surface area contributed by atoms with E-state index < -0.39 is 0 Å². The maximum atomic E-state index is 11.6. The van der Waals surface area contributed by atoms with Crippen LogP contribution in [0, 0.1) is 6.92 Å². The molecule has 1 aromatic heterocycles. The van der Waals surface area contributed by atoms with Gasteiger partial charge in [-0.1, -0.05) is 11.3 Å². The van der Waals surface area contributed by atoms with Crippen LogP contribution in [0.25, 0.3) is 0 Å². The van der Waals surface area contributed by atoms with Gasteiger partial charge in [0.25, 0.3) is 0 Å². The Morgan fingerprint density at radius 3 is 2.94 bits per heavy atom. The van der Waals surface area contributed by atoms with Gasteiger partial charge in [-0.3, -0.25) is 0 Å². The zero-order valence-corrected chi connectivity index (χ0v) is 11.9. The molecule has 0 radical (unpaired) electrons. The molecule has 0 saturated carbocycles. The van der Waals surface area contributed by atoms with Crippen LogP contribution in [-0.2, 0) is 9.47 Å². The van der Waals surface area contributed by atoms with Crippen molar-refractivity contribution in [3.05, 3.63) is 10.6 Å². The predicted molar refractivity (Wildman–Crippen MR) is 70.4 cm³/mol. The number of carbonyl (C=O) groups excluding carboxylic acids is 1. The number of ether oxygens (including phenoxy) is 2. The maximum Gasteiger partial charge on any atom is 0.350 e. The van der Waals surface area contributed by atoms with E-state index in [1.54, 1.807) is 0 Å². The van der Waals surface area contributed by atoms with Crippen molar-refractivity contribution in [1.29, 1.82) is 0 Å². The Balaban J connectivity index is 2.25. The molecule has 1 aliphatic rings. The lowest BCUT2D eigenvalue weighted by Crippen LogP contribution is -2.47. The van der Waals surface area contributed by atoms with E-state index in [-0.39, 0.29) is 18.1 Å². The average molecular weight is 270 g/mol. The average Bonchev–Trinajstić information content (AvgIpc) is 2.73. The van der Waals surface area contributed by atoms with Gasteiger partial charge in [0.05, 0.1) is 31.6 Å². The van der Waals surface area contributed by atoms with Gasteiger partial charge in [0.15, 0.2) is 5.13 Å². The van der Waals surface area contributed by atoms with Crippen molar-refractivity contribution < 1.29 is 14.3 Å². The van der Waals surface area contributed by atoms with Gasteiger partial charge in [0, 0.05) is 6.54 Å². The van der Waals surface area contributed by atoms with Crippen molar-refractivity contribution in [2.75, 3.05) is 25.2 Å². The number of thiazole rings is 1. The molecule has 0 aliphatic carbocycles. The van der Waals surface area contributed by atoms with E-state index >= 15 is 0 Å². The van der Waals surface area contributed by atoms with Gasteiger partial charge in [0.1, 0.15) is 4.88 Å². The molecule has 1 saturated heterocycles. The van der Waals surface area contributed by atoms with Crippen LogP contribution in [0.1, 0.15) is 29.2 Å². The second-order valence-corrected chi connectivity index (χ2v) is 5.53. The largest absolute Gasteiger partial charge is 0.465 e. The Labute approximate surface area is 111 Å². The first-order valence-corrected chi connectivity index (χ1v) is 6.78. The van der Waals surface area contributed by atoms with Crippen molar-refractivity contribution in [3.63, 3.8) is 0 Å². The number of carbonyl (C=O) groups is 1. The summed E-state index contributed by atoms with van der Waals surface area (Å²) in [6, 6.07) is 0.275. The molecule has 2 heterocycles. The van der Waals surface area contributed by atoms with Gasteiger partial charge in [-0.15, -0.1) is 0 Å². The van der Waals surface area contributed by atoms with Crippen LogP contribution < -0.4 is 4.90 Å². The molecule has 0 amide bonds. The highest BCUT2D eigenvalue weighted by atomic mass is 32.1. The van der Waals surface area contributed by atoms with Gasteiger partial charge >= 0.3 is 5.97 Å². The highest BCUT2D eigenvalue weighted by molar-refractivity contribution is 7.17. The van der Waals surface area contributed by atoms with Crippen molar-refractivity contribution in [3.8, 4) is 0 Å². The molecule has 6 heteroatoms. The summed E-state index contributed by atoms with van der Waals surface area (Å²) in [6.45, 7) is 7.46. The Kier molecular flexibility index (Phi) is 3.87. The molecule has 0 bridgehead atoms. The third kappa shape index (κ3) is 2.49. The third-order valence-electron chi connectivity index (χ3n) is 3.01. The molecule has 2 unspecified atom stereocenters. The number of morpholine rings is 1. The zero-order valence-electron chi connectivity index (χ0n) is 11.1. The van der Waals surface area contributed by atoms with Gasteiger partial charge in [-0.25, -0.2) is 9.78 Å². The van der Waals surface area contributed by atoms with Crippen LogP contribution in [-0.4, -0.2) is 43.4 Å². The normalized spacial score (nSPS) is 24.1. The summed E-state index contributed by atoms with van der Waals surface area (Å²) in [5, 5.41) is 0.871. The highest BCUT2D eigenvalue weighted by Crippen LogP contribution is 2.29. The van der Waals surface area contributed by atoms with Crippen LogP contribution in [0.2, 0.25) is 0 Å². The number of aromatic nitrogens is 1. The summed E-state index contributed by atoms with van der Waals surface area (Å²) in [6.07, 6.45) is 0.187. The molecule has 1 aromatic rings. The van der Waals surface area contributed by atoms with Gasteiger partial charge < -0.3 is 14.4 Å². The summed E-state index contributed by atoms with van der Waals surface area (Å²) in [4.78, 5) is 18.8. The van der Waals surface area contributed by atoms with Crippen molar-refractivity contribution >= 4 is 22.4 Å². The predicted octanol–water partition coefficient (Wildman–Crippen LogP) is 1.85. The number of esters is 1. The van der Waals surface area contributed by atoms with Crippen molar-refractivity contribution in [1.82, 2.24) is 4.98 Å². The number of rotatable bonds is 2. The fraction of sp³-hybridized carbons (Fsp3) is 0.667. The molecule has 2 atom stereocenters. The number of methoxy groups -OCH3 is 1. The first-order chi connectivity index (χ1) is 8.52. The fourth-order valence-corrected chi connectivity index (χ4v) is 3.05. The number of hydrogen-bond acceptors (Lipinski definition) is 6. The number of aryl methyl sites for hydroxylation is 1. The number of nitrogens with zero attached hydrogens (tertiary/aromatic N) is 2. The first-order valence-electron chi connectivity index (χ1n) is 5.97. The van der Waals surface area contributed by atoms with Crippen LogP contribution in [0.15, 0.2) is 0 Å². The van der Waals surface area contributed by atoms with Gasteiger partial charge in [-0.2, -0.15) is 0 Å². The Morgan fingerprint density at radius 2 is 2.28 bits per heavy atom. The topological polar surface area (TPSA) is 51.7 Å². The quantitative estimate of drug-likeness (QED) is 0.768. The number of hydrogen-bond donors (Lipinski definition) is 0. The SMILES string of the molecule is COC(=O)c1sc(N2CC(C)OCC2C)nc1C. The Hall–Kier alpha value is -1.14.